The van der Waals surface area contributed by atoms with Crippen LogP contribution in [0.2, 0.25) is 0 Å². The van der Waals surface area contributed by atoms with Gasteiger partial charge in [0, 0.05) is 6.42 Å². The van der Waals surface area contributed by atoms with Crippen molar-refractivity contribution in [3.63, 3.8) is 0 Å². The van der Waals surface area contributed by atoms with Gasteiger partial charge in [-0.05, 0) is 35.6 Å². The standard InChI is InChI=1S/C18H17NO5S/c1-22-15-6-4-12(9-14(15)20)5-7-17(21)23-10-13-11-24-18(19-13)16-3-2-8-25-16/h2-4,6,8-9,11,20H,5,7,10H2,1H3. The predicted octanol–water partition coefficient (Wildman–Crippen LogP) is 3.79. The van der Waals surface area contributed by atoms with Gasteiger partial charge in [0.25, 0.3) is 0 Å². The first-order chi connectivity index (χ1) is 12.2. The lowest BCUT2D eigenvalue weighted by Crippen LogP contribution is -2.06. The second-order valence-electron chi connectivity index (χ2n) is 5.29. The van der Waals surface area contributed by atoms with E-state index >= 15 is 0 Å². The van der Waals surface area contributed by atoms with Crippen molar-refractivity contribution in [2.75, 3.05) is 7.11 Å². The highest BCUT2D eigenvalue weighted by Gasteiger charge is 2.11. The number of ether oxygens (including phenoxy) is 2. The van der Waals surface area contributed by atoms with Crippen LogP contribution in [0.4, 0.5) is 0 Å². The number of thiophene rings is 1. The number of oxazole rings is 1. The molecule has 0 saturated heterocycles. The molecule has 0 unspecified atom stereocenters. The van der Waals surface area contributed by atoms with Gasteiger partial charge < -0.3 is 19.0 Å². The third-order valence-electron chi connectivity index (χ3n) is 3.53. The SMILES string of the molecule is COc1ccc(CCC(=O)OCc2coc(-c3cccs3)n2)cc1O. The van der Waals surface area contributed by atoms with E-state index in [-0.39, 0.29) is 24.7 Å². The Morgan fingerprint density at radius 3 is 2.96 bits per heavy atom. The lowest BCUT2D eigenvalue weighted by Gasteiger charge is -2.06. The first kappa shape index (κ1) is 17.0. The first-order valence-corrected chi connectivity index (χ1v) is 8.53. The van der Waals surface area contributed by atoms with Crippen LogP contribution in [0.25, 0.3) is 10.8 Å². The highest BCUT2D eigenvalue weighted by atomic mass is 32.1. The summed E-state index contributed by atoms with van der Waals surface area (Å²) in [5, 5.41) is 11.7. The number of carbonyl (C=O) groups is 1. The summed E-state index contributed by atoms with van der Waals surface area (Å²) < 4.78 is 15.6. The second kappa shape index (κ2) is 7.85. The van der Waals surface area contributed by atoms with Crippen LogP contribution in [0.3, 0.4) is 0 Å². The number of phenols is 1. The molecule has 25 heavy (non-hydrogen) atoms. The summed E-state index contributed by atoms with van der Waals surface area (Å²) >= 11 is 1.53. The minimum absolute atomic E-state index is 0.0528. The van der Waals surface area contributed by atoms with Gasteiger partial charge in [-0.15, -0.1) is 11.3 Å². The molecule has 2 aromatic heterocycles. The fourth-order valence-electron chi connectivity index (χ4n) is 2.25. The number of nitrogens with zero attached hydrogens (tertiary/aromatic N) is 1. The Kier molecular flexibility index (Phi) is 5.35. The van der Waals surface area contributed by atoms with Gasteiger partial charge in [0.1, 0.15) is 18.6 Å². The monoisotopic (exact) mass is 359 g/mol. The molecular weight excluding hydrogens is 342 g/mol. The number of aromatic hydroxyl groups is 1. The van der Waals surface area contributed by atoms with Crippen molar-refractivity contribution in [3.05, 3.63) is 53.2 Å². The van der Waals surface area contributed by atoms with Crippen molar-refractivity contribution in [2.24, 2.45) is 0 Å². The molecule has 6 nitrogen and oxygen atoms in total. The summed E-state index contributed by atoms with van der Waals surface area (Å²) in [7, 11) is 1.49. The van der Waals surface area contributed by atoms with E-state index in [2.05, 4.69) is 4.98 Å². The van der Waals surface area contributed by atoms with Crippen molar-refractivity contribution in [1.29, 1.82) is 0 Å². The summed E-state index contributed by atoms with van der Waals surface area (Å²) in [6.45, 7) is 0.0710. The maximum atomic E-state index is 11.9. The number of aromatic nitrogens is 1. The topological polar surface area (TPSA) is 81.8 Å². The normalized spacial score (nSPS) is 10.6. The lowest BCUT2D eigenvalue weighted by atomic mass is 10.1. The summed E-state index contributed by atoms with van der Waals surface area (Å²) in [4.78, 5) is 17.1. The molecule has 0 radical (unpaired) electrons. The quantitative estimate of drug-likeness (QED) is 0.646. The molecule has 0 bridgehead atoms. The van der Waals surface area contributed by atoms with E-state index in [1.54, 1.807) is 18.2 Å². The van der Waals surface area contributed by atoms with E-state index in [1.807, 2.05) is 17.5 Å². The molecular formula is C18H17NO5S. The van der Waals surface area contributed by atoms with Crippen LogP contribution in [-0.4, -0.2) is 23.2 Å². The van der Waals surface area contributed by atoms with Crippen LogP contribution in [0.15, 0.2) is 46.4 Å². The molecule has 0 aliphatic heterocycles. The molecule has 0 amide bonds. The third-order valence-corrected chi connectivity index (χ3v) is 4.38. The molecule has 0 saturated carbocycles. The summed E-state index contributed by atoms with van der Waals surface area (Å²) in [6, 6.07) is 8.88. The number of hydrogen-bond acceptors (Lipinski definition) is 7. The number of methoxy groups -OCH3 is 1. The lowest BCUT2D eigenvalue weighted by molar-refractivity contribution is -0.145. The number of carbonyl (C=O) groups excluding carboxylic acids is 1. The average molecular weight is 359 g/mol. The van der Waals surface area contributed by atoms with Gasteiger partial charge in [-0.25, -0.2) is 4.98 Å². The van der Waals surface area contributed by atoms with Crippen molar-refractivity contribution in [2.45, 2.75) is 19.4 Å². The molecule has 0 aliphatic rings. The maximum absolute atomic E-state index is 11.9. The Labute approximate surface area is 148 Å². The van der Waals surface area contributed by atoms with Crippen molar-refractivity contribution >= 4 is 17.3 Å². The first-order valence-electron chi connectivity index (χ1n) is 7.65. The highest BCUT2D eigenvalue weighted by molar-refractivity contribution is 7.13. The van der Waals surface area contributed by atoms with Crippen molar-refractivity contribution in [3.8, 4) is 22.3 Å². The second-order valence-corrected chi connectivity index (χ2v) is 6.24. The zero-order chi connectivity index (χ0) is 17.6. The summed E-state index contributed by atoms with van der Waals surface area (Å²) in [5.41, 5.74) is 1.40. The number of hydrogen-bond donors (Lipinski definition) is 1. The average Bonchev–Trinajstić information content (AvgIpc) is 3.29. The molecule has 0 spiro atoms. The molecule has 0 atom stereocenters. The smallest absolute Gasteiger partial charge is 0.306 e. The molecule has 7 heteroatoms. The van der Waals surface area contributed by atoms with E-state index < -0.39 is 0 Å². The van der Waals surface area contributed by atoms with Crippen LogP contribution >= 0.6 is 11.3 Å². The predicted molar refractivity (Wildman–Crippen MR) is 92.6 cm³/mol. The number of aryl methyl sites for hydroxylation is 1. The Bertz CT molecular complexity index is 841. The molecule has 3 aromatic rings. The van der Waals surface area contributed by atoms with Gasteiger partial charge in [-0.2, -0.15) is 0 Å². The van der Waals surface area contributed by atoms with E-state index in [0.717, 1.165) is 10.4 Å². The fourth-order valence-corrected chi connectivity index (χ4v) is 2.91. The number of esters is 1. The summed E-state index contributed by atoms with van der Waals surface area (Å²) in [6.07, 6.45) is 2.17. The van der Waals surface area contributed by atoms with Crippen LogP contribution in [0, 0.1) is 0 Å². The summed E-state index contributed by atoms with van der Waals surface area (Å²) in [5.74, 6) is 0.640. The molecule has 130 valence electrons. The van der Waals surface area contributed by atoms with Crippen LogP contribution in [-0.2, 0) is 22.6 Å². The van der Waals surface area contributed by atoms with E-state index in [1.165, 1.54) is 24.7 Å². The van der Waals surface area contributed by atoms with Gasteiger partial charge >= 0.3 is 5.97 Å². The third kappa shape index (κ3) is 4.39. The van der Waals surface area contributed by atoms with Gasteiger partial charge in [-0.3, -0.25) is 4.79 Å². The molecule has 0 fully saturated rings. The number of rotatable bonds is 7. The Balaban J connectivity index is 1.47. The molecule has 2 heterocycles. The molecule has 1 N–H and O–H groups in total. The fraction of sp³-hybridized carbons (Fsp3) is 0.222. The van der Waals surface area contributed by atoms with Crippen LogP contribution in [0.1, 0.15) is 17.7 Å². The van der Waals surface area contributed by atoms with Gasteiger partial charge in [-0.1, -0.05) is 12.1 Å². The largest absolute Gasteiger partial charge is 0.504 e. The van der Waals surface area contributed by atoms with Crippen molar-refractivity contribution < 1.29 is 23.8 Å². The minimum Gasteiger partial charge on any atom is -0.504 e. The maximum Gasteiger partial charge on any atom is 0.306 e. The molecule has 1 aromatic carbocycles. The Hall–Kier alpha value is -2.80. The van der Waals surface area contributed by atoms with Crippen molar-refractivity contribution in [1.82, 2.24) is 4.98 Å². The van der Waals surface area contributed by atoms with E-state index in [4.69, 9.17) is 13.9 Å². The van der Waals surface area contributed by atoms with Gasteiger partial charge in [0.15, 0.2) is 11.5 Å². The van der Waals surface area contributed by atoms with Gasteiger partial charge in [0.2, 0.25) is 5.89 Å². The molecule has 3 rings (SSSR count). The zero-order valence-electron chi connectivity index (χ0n) is 13.6. The zero-order valence-corrected chi connectivity index (χ0v) is 14.4. The minimum atomic E-state index is -0.337. The number of phenolic OH excluding ortho intramolecular Hbond substituents is 1. The Morgan fingerprint density at radius 2 is 2.24 bits per heavy atom. The van der Waals surface area contributed by atoms with Gasteiger partial charge in [0.05, 0.1) is 12.0 Å². The Morgan fingerprint density at radius 1 is 1.36 bits per heavy atom. The van der Waals surface area contributed by atoms with Crippen LogP contribution in [0.5, 0.6) is 11.5 Å². The van der Waals surface area contributed by atoms with E-state index in [0.29, 0.717) is 23.8 Å². The number of benzene rings is 1. The highest BCUT2D eigenvalue weighted by Crippen LogP contribution is 2.27. The van der Waals surface area contributed by atoms with E-state index in [9.17, 15) is 9.90 Å². The van der Waals surface area contributed by atoms with Crippen LogP contribution < -0.4 is 4.74 Å². The molecule has 0 aliphatic carbocycles.